The molecule has 3 aromatic heterocycles. The molecule has 0 bridgehead atoms. The van der Waals surface area contributed by atoms with Crippen LogP contribution in [0.2, 0.25) is 0 Å². The Hall–Kier alpha value is -3.53. The average Bonchev–Trinajstić information content (AvgIpc) is 2.80. The molecule has 3 aromatic rings. The van der Waals surface area contributed by atoms with Gasteiger partial charge in [-0.1, -0.05) is 6.07 Å². The highest BCUT2D eigenvalue weighted by Crippen LogP contribution is 2.32. The molecule has 176 valence electrons. The van der Waals surface area contributed by atoms with Gasteiger partial charge < -0.3 is 0 Å². The Balaban J connectivity index is 1.46. The number of aryl methyl sites for hydroxylation is 1. The Morgan fingerprint density at radius 1 is 1.06 bits per heavy atom. The summed E-state index contributed by atoms with van der Waals surface area (Å²) in [5, 5.41) is 0. The molecule has 34 heavy (non-hydrogen) atoms. The third kappa shape index (κ3) is 3.87. The molecular formula is C24H23F3N6O. The van der Waals surface area contributed by atoms with Crippen LogP contribution in [-0.2, 0) is 19.1 Å². The van der Waals surface area contributed by atoms with Crippen LogP contribution in [0.5, 0.6) is 0 Å². The zero-order valence-electron chi connectivity index (χ0n) is 18.9. The highest BCUT2D eigenvalue weighted by molar-refractivity contribution is 5.65. The molecule has 0 aromatic carbocycles. The summed E-state index contributed by atoms with van der Waals surface area (Å²) >= 11 is 0. The van der Waals surface area contributed by atoms with Crippen molar-refractivity contribution >= 4 is 5.57 Å². The van der Waals surface area contributed by atoms with E-state index in [0.29, 0.717) is 24.7 Å². The maximum Gasteiger partial charge on any atom is 0.433 e. The van der Waals surface area contributed by atoms with Gasteiger partial charge in [0.25, 0.3) is 5.56 Å². The SMILES string of the molecule is CC1=C(C)C(N2CCc3ncc(-c4ccc(C)nc4)cc3C2)Nn2c1nc(C(F)(F)F)cc2=O. The van der Waals surface area contributed by atoms with Crippen molar-refractivity contribution in [3.05, 3.63) is 81.1 Å². The van der Waals surface area contributed by atoms with Gasteiger partial charge in [0.2, 0.25) is 0 Å². The number of fused-ring (bicyclic) bond motifs is 2. The van der Waals surface area contributed by atoms with Crippen molar-refractivity contribution in [2.24, 2.45) is 0 Å². The highest BCUT2D eigenvalue weighted by Gasteiger charge is 2.37. The van der Waals surface area contributed by atoms with Gasteiger partial charge in [-0.05, 0) is 49.6 Å². The summed E-state index contributed by atoms with van der Waals surface area (Å²) in [6.07, 6.45) is -0.645. The molecule has 1 atom stereocenters. The number of aromatic nitrogens is 4. The van der Waals surface area contributed by atoms with Gasteiger partial charge in [-0.25, -0.2) is 9.66 Å². The fourth-order valence-corrected chi connectivity index (χ4v) is 4.42. The molecule has 2 aliphatic heterocycles. The van der Waals surface area contributed by atoms with Gasteiger partial charge in [-0.15, -0.1) is 0 Å². The molecule has 7 nitrogen and oxygen atoms in total. The zero-order valence-corrected chi connectivity index (χ0v) is 18.9. The van der Waals surface area contributed by atoms with E-state index in [1.807, 2.05) is 38.4 Å². The van der Waals surface area contributed by atoms with Crippen molar-refractivity contribution in [2.75, 3.05) is 12.0 Å². The van der Waals surface area contributed by atoms with Crippen molar-refractivity contribution in [2.45, 2.75) is 46.1 Å². The van der Waals surface area contributed by atoms with E-state index in [2.05, 4.69) is 31.3 Å². The number of alkyl halides is 3. The number of rotatable bonds is 2. The van der Waals surface area contributed by atoms with E-state index in [1.165, 1.54) is 0 Å². The minimum atomic E-state index is -4.69. The van der Waals surface area contributed by atoms with Crippen molar-refractivity contribution in [1.29, 1.82) is 0 Å². The highest BCUT2D eigenvalue weighted by atomic mass is 19.4. The molecular weight excluding hydrogens is 445 g/mol. The Kier molecular flexibility index (Phi) is 5.27. The van der Waals surface area contributed by atoms with Gasteiger partial charge in [-0.3, -0.25) is 25.1 Å². The molecule has 5 heterocycles. The maximum atomic E-state index is 13.2. The van der Waals surface area contributed by atoms with Crippen molar-refractivity contribution in [3.63, 3.8) is 0 Å². The summed E-state index contributed by atoms with van der Waals surface area (Å²) < 4.78 is 40.7. The minimum Gasteiger partial charge on any atom is -0.300 e. The fourth-order valence-electron chi connectivity index (χ4n) is 4.42. The van der Waals surface area contributed by atoms with Crippen LogP contribution >= 0.6 is 0 Å². The summed E-state index contributed by atoms with van der Waals surface area (Å²) in [5.41, 5.74) is 7.46. The Morgan fingerprint density at radius 3 is 2.53 bits per heavy atom. The molecule has 2 aliphatic rings. The molecule has 10 heteroatoms. The van der Waals surface area contributed by atoms with Gasteiger partial charge in [0.05, 0.1) is 0 Å². The van der Waals surface area contributed by atoms with Crippen LogP contribution in [0.3, 0.4) is 0 Å². The lowest BCUT2D eigenvalue weighted by atomic mass is 9.98. The summed E-state index contributed by atoms with van der Waals surface area (Å²) in [6.45, 7) is 6.75. The Bertz CT molecular complexity index is 1360. The van der Waals surface area contributed by atoms with Crippen molar-refractivity contribution in [3.8, 4) is 11.1 Å². The molecule has 0 saturated heterocycles. The normalized spacial score (nSPS) is 18.4. The van der Waals surface area contributed by atoms with Gasteiger partial charge in [0.15, 0.2) is 11.5 Å². The predicted molar refractivity (Wildman–Crippen MR) is 121 cm³/mol. The summed E-state index contributed by atoms with van der Waals surface area (Å²) in [5.74, 6) is -0.0122. The molecule has 0 radical (unpaired) electrons. The van der Waals surface area contributed by atoms with E-state index < -0.39 is 17.4 Å². The van der Waals surface area contributed by atoms with E-state index in [9.17, 15) is 18.0 Å². The zero-order chi connectivity index (χ0) is 24.2. The number of hydrogen-bond acceptors (Lipinski definition) is 6. The molecule has 1 N–H and O–H groups in total. The van der Waals surface area contributed by atoms with E-state index in [-0.39, 0.29) is 12.0 Å². The Morgan fingerprint density at radius 2 is 1.82 bits per heavy atom. The second-order valence-electron chi connectivity index (χ2n) is 8.71. The monoisotopic (exact) mass is 468 g/mol. The third-order valence-electron chi connectivity index (χ3n) is 6.48. The summed E-state index contributed by atoms with van der Waals surface area (Å²) in [7, 11) is 0. The first-order valence-electron chi connectivity index (χ1n) is 10.9. The van der Waals surface area contributed by atoms with E-state index in [1.54, 1.807) is 6.92 Å². The molecule has 0 saturated carbocycles. The first-order valence-corrected chi connectivity index (χ1v) is 10.9. The number of allylic oxidation sites excluding steroid dienone is 1. The van der Waals surface area contributed by atoms with Gasteiger partial charge in [0.1, 0.15) is 6.17 Å². The van der Waals surface area contributed by atoms with Crippen LogP contribution in [-0.4, -0.2) is 37.2 Å². The van der Waals surface area contributed by atoms with Gasteiger partial charge in [0, 0.05) is 60.5 Å². The lowest BCUT2D eigenvalue weighted by Gasteiger charge is -2.40. The van der Waals surface area contributed by atoms with Crippen LogP contribution in [0.4, 0.5) is 13.2 Å². The number of nitrogens with one attached hydrogen (secondary N) is 1. The third-order valence-corrected chi connectivity index (χ3v) is 6.48. The molecule has 0 spiro atoms. The topological polar surface area (TPSA) is 75.9 Å². The second-order valence-corrected chi connectivity index (χ2v) is 8.71. The number of halogens is 3. The quantitative estimate of drug-likeness (QED) is 0.617. The lowest BCUT2D eigenvalue weighted by Crippen LogP contribution is -2.52. The average molecular weight is 468 g/mol. The van der Waals surface area contributed by atoms with Crippen molar-refractivity contribution in [1.82, 2.24) is 24.5 Å². The van der Waals surface area contributed by atoms with Crippen LogP contribution in [0.1, 0.15) is 42.3 Å². The van der Waals surface area contributed by atoms with Gasteiger partial charge in [-0.2, -0.15) is 13.2 Å². The standard InChI is InChI=1S/C24H23F3N6O/c1-13-4-5-16(10-28-13)17-8-18-12-32(7-6-19(18)29-11-17)23-15(3)14(2)22-30-20(24(25,26)27)9-21(34)33(22)31-23/h4-5,8-11,23,31H,6-7,12H2,1-3H3. The maximum absolute atomic E-state index is 13.2. The molecule has 0 fully saturated rings. The Labute approximate surface area is 194 Å². The van der Waals surface area contributed by atoms with Crippen molar-refractivity contribution < 1.29 is 13.2 Å². The first-order chi connectivity index (χ1) is 16.1. The number of pyridine rings is 2. The summed E-state index contributed by atoms with van der Waals surface area (Å²) in [6, 6.07) is 6.60. The van der Waals surface area contributed by atoms with Crippen LogP contribution in [0, 0.1) is 6.92 Å². The molecule has 1 unspecified atom stereocenters. The predicted octanol–water partition coefficient (Wildman–Crippen LogP) is 3.76. The number of hydrogen-bond donors (Lipinski definition) is 1. The van der Waals surface area contributed by atoms with E-state index in [0.717, 1.165) is 44.7 Å². The molecule has 0 amide bonds. The summed E-state index contributed by atoms with van der Waals surface area (Å²) in [4.78, 5) is 27.4. The second kappa shape index (κ2) is 8.05. The smallest absolute Gasteiger partial charge is 0.300 e. The van der Waals surface area contributed by atoms with E-state index >= 15 is 0 Å². The number of nitrogens with zero attached hydrogens (tertiary/aromatic N) is 5. The molecule has 5 rings (SSSR count). The van der Waals surface area contributed by atoms with Gasteiger partial charge >= 0.3 is 6.18 Å². The van der Waals surface area contributed by atoms with Crippen LogP contribution < -0.4 is 11.0 Å². The fraction of sp³-hybridized carbons (Fsp3) is 0.333. The first kappa shape index (κ1) is 22.3. The van der Waals surface area contributed by atoms with E-state index in [4.69, 9.17) is 0 Å². The minimum absolute atomic E-state index is 0.0122. The van der Waals surface area contributed by atoms with Crippen LogP contribution in [0.15, 0.2) is 47.0 Å². The lowest BCUT2D eigenvalue weighted by molar-refractivity contribution is -0.141. The largest absolute Gasteiger partial charge is 0.433 e. The molecule has 0 aliphatic carbocycles. The van der Waals surface area contributed by atoms with Crippen LogP contribution in [0.25, 0.3) is 16.7 Å².